The molecule has 2 aliphatic rings. The Kier molecular flexibility index (Phi) is 3.72. The number of hydrogen-bond acceptors (Lipinski definition) is 3. The number of benzene rings is 1. The van der Waals surface area contributed by atoms with Crippen LogP contribution in [0.2, 0.25) is 0 Å². The van der Waals surface area contributed by atoms with Crippen LogP contribution in [-0.4, -0.2) is 47.8 Å². The highest BCUT2D eigenvalue weighted by Gasteiger charge is 2.36. The number of nitrogens with zero attached hydrogens (tertiary/aromatic N) is 1. The summed E-state index contributed by atoms with van der Waals surface area (Å²) in [6, 6.07) is 7.29. The summed E-state index contributed by atoms with van der Waals surface area (Å²) < 4.78 is 5.75. The van der Waals surface area contributed by atoms with Gasteiger partial charge < -0.3 is 14.7 Å². The molecule has 1 N–H and O–H groups in total. The van der Waals surface area contributed by atoms with E-state index in [2.05, 4.69) is 11.8 Å². The Labute approximate surface area is 118 Å². The number of aliphatic hydroxyl groups is 1. The lowest BCUT2D eigenvalue weighted by molar-refractivity contribution is -0.0303. The normalized spacial score (nSPS) is 24.1. The summed E-state index contributed by atoms with van der Waals surface area (Å²) in [5.74, 6) is 5.45. The van der Waals surface area contributed by atoms with Gasteiger partial charge in [-0.3, -0.25) is 4.79 Å². The molecule has 2 saturated heterocycles. The third kappa shape index (κ3) is 2.55. The van der Waals surface area contributed by atoms with Gasteiger partial charge in [0.15, 0.2) is 0 Å². The van der Waals surface area contributed by atoms with E-state index in [1.807, 2.05) is 23.1 Å². The summed E-state index contributed by atoms with van der Waals surface area (Å²) in [7, 11) is 0. The van der Waals surface area contributed by atoms with Crippen LogP contribution in [0.15, 0.2) is 24.3 Å². The van der Waals surface area contributed by atoms with E-state index in [4.69, 9.17) is 9.84 Å². The Balaban J connectivity index is 1.83. The molecule has 0 saturated carbocycles. The van der Waals surface area contributed by atoms with Crippen LogP contribution in [0.3, 0.4) is 0 Å². The Hall–Kier alpha value is -1.83. The van der Waals surface area contributed by atoms with Gasteiger partial charge in [-0.1, -0.05) is 24.0 Å². The molecular formula is C16H17NO3. The van der Waals surface area contributed by atoms with Gasteiger partial charge in [0.25, 0.3) is 5.91 Å². The zero-order valence-electron chi connectivity index (χ0n) is 11.2. The molecule has 4 nitrogen and oxygen atoms in total. The highest BCUT2D eigenvalue weighted by atomic mass is 16.5. The Morgan fingerprint density at radius 1 is 1.30 bits per heavy atom. The molecule has 2 heterocycles. The first-order chi connectivity index (χ1) is 9.78. The van der Waals surface area contributed by atoms with Crippen molar-refractivity contribution in [2.75, 3.05) is 19.7 Å². The lowest BCUT2D eigenvalue weighted by Gasteiger charge is -2.32. The van der Waals surface area contributed by atoms with Gasteiger partial charge in [-0.05, 0) is 25.0 Å². The largest absolute Gasteiger partial charge is 0.384 e. The average Bonchev–Trinajstić information content (AvgIpc) is 2.83. The molecule has 3 rings (SSSR count). The second-order valence-corrected chi connectivity index (χ2v) is 5.17. The summed E-state index contributed by atoms with van der Waals surface area (Å²) in [5, 5.41) is 8.80. The molecule has 1 amide bonds. The van der Waals surface area contributed by atoms with Crippen molar-refractivity contribution in [3.63, 3.8) is 0 Å². The Morgan fingerprint density at radius 2 is 2.00 bits per heavy atom. The maximum absolute atomic E-state index is 12.6. The van der Waals surface area contributed by atoms with Crippen molar-refractivity contribution < 1.29 is 14.6 Å². The van der Waals surface area contributed by atoms with Crippen LogP contribution in [0.1, 0.15) is 28.8 Å². The Bertz CT molecular complexity index is 561. The number of ether oxygens (including phenoxy) is 1. The molecule has 2 aliphatic heterocycles. The van der Waals surface area contributed by atoms with Crippen molar-refractivity contribution in [3.8, 4) is 11.8 Å². The minimum Gasteiger partial charge on any atom is -0.384 e. The van der Waals surface area contributed by atoms with Gasteiger partial charge in [-0.25, -0.2) is 0 Å². The molecule has 20 heavy (non-hydrogen) atoms. The molecule has 0 spiro atoms. The molecule has 104 valence electrons. The van der Waals surface area contributed by atoms with Gasteiger partial charge in [0.05, 0.1) is 17.8 Å². The minimum absolute atomic E-state index is 0.00744. The number of carbonyl (C=O) groups excluding carboxylic acids is 1. The van der Waals surface area contributed by atoms with Crippen molar-refractivity contribution in [2.45, 2.75) is 25.0 Å². The van der Waals surface area contributed by atoms with Crippen LogP contribution in [0.5, 0.6) is 0 Å². The van der Waals surface area contributed by atoms with Crippen molar-refractivity contribution >= 4 is 5.91 Å². The molecule has 0 radical (unpaired) electrons. The van der Waals surface area contributed by atoms with Gasteiger partial charge in [0.1, 0.15) is 6.61 Å². The molecule has 2 bridgehead atoms. The third-order valence-corrected chi connectivity index (χ3v) is 3.79. The molecule has 1 aromatic rings. The second-order valence-electron chi connectivity index (χ2n) is 5.17. The van der Waals surface area contributed by atoms with Crippen molar-refractivity contribution in [1.82, 2.24) is 4.90 Å². The Morgan fingerprint density at radius 3 is 2.70 bits per heavy atom. The number of morpholine rings is 1. The van der Waals surface area contributed by atoms with E-state index in [1.54, 1.807) is 6.07 Å². The number of amides is 1. The van der Waals surface area contributed by atoms with E-state index < -0.39 is 0 Å². The molecule has 0 aliphatic carbocycles. The maximum Gasteiger partial charge on any atom is 0.255 e. The summed E-state index contributed by atoms with van der Waals surface area (Å²) in [6.45, 7) is 1.12. The summed E-state index contributed by atoms with van der Waals surface area (Å²) in [5.41, 5.74) is 1.28. The van der Waals surface area contributed by atoms with Crippen LogP contribution >= 0.6 is 0 Å². The third-order valence-electron chi connectivity index (χ3n) is 3.79. The lowest BCUT2D eigenvalue weighted by atomic mass is 10.1. The minimum atomic E-state index is -0.204. The fourth-order valence-corrected chi connectivity index (χ4v) is 2.86. The van der Waals surface area contributed by atoms with E-state index >= 15 is 0 Å². The van der Waals surface area contributed by atoms with Gasteiger partial charge in [-0.2, -0.15) is 0 Å². The van der Waals surface area contributed by atoms with E-state index in [0.29, 0.717) is 24.2 Å². The molecule has 4 heteroatoms. The molecule has 2 atom stereocenters. The number of rotatable bonds is 1. The molecule has 2 fully saturated rings. The lowest BCUT2D eigenvalue weighted by Crippen LogP contribution is -2.46. The number of aliphatic hydroxyl groups excluding tert-OH is 1. The smallest absolute Gasteiger partial charge is 0.255 e. The molecule has 1 aromatic carbocycles. The number of carbonyl (C=O) groups is 1. The van der Waals surface area contributed by atoms with Gasteiger partial charge in [-0.15, -0.1) is 0 Å². The number of likely N-dealkylation sites (tertiary alicyclic amines) is 1. The van der Waals surface area contributed by atoms with Gasteiger partial charge in [0, 0.05) is 18.7 Å². The topological polar surface area (TPSA) is 49.8 Å². The zero-order chi connectivity index (χ0) is 13.9. The molecule has 2 unspecified atom stereocenters. The first-order valence-electron chi connectivity index (χ1n) is 6.91. The maximum atomic E-state index is 12.6. The van der Waals surface area contributed by atoms with Crippen LogP contribution in [-0.2, 0) is 4.74 Å². The van der Waals surface area contributed by atoms with Crippen molar-refractivity contribution in [3.05, 3.63) is 35.4 Å². The van der Waals surface area contributed by atoms with Gasteiger partial charge in [0.2, 0.25) is 0 Å². The van der Waals surface area contributed by atoms with Gasteiger partial charge >= 0.3 is 0 Å². The predicted molar refractivity (Wildman–Crippen MR) is 74.2 cm³/mol. The molecule has 0 aromatic heterocycles. The van der Waals surface area contributed by atoms with E-state index in [1.165, 1.54) is 0 Å². The molecular weight excluding hydrogens is 254 g/mol. The SMILES string of the molecule is O=C(c1ccccc1C#CCO)N1CC2CCC(C1)O2. The van der Waals surface area contributed by atoms with Crippen LogP contribution in [0, 0.1) is 11.8 Å². The number of fused-ring (bicyclic) bond motifs is 2. The predicted octanol–water partition coefficient (Wildman–Crippen LogP) is 1.03. The monoisotopic (exact) mass is 271 g/mol. The van der Waals surface area contributed by atoms with E-state index in [0.717, 1.165) is 12.8 Å². The average molecular weight is 271 g/mol. The quantitative estimate of drug-likeness (QED) is 0.776. The van der Waals surface area contributed by atoms with Crippen LogP contribution in [0.4, 0.5) is 0 Å². The fourth-order valence-electron chi connectivity index (χ4n) is 2.86. The van der Waals surface area contributed by atoms with Crippen molar-refractivity contribution in [2.24, 2.45) is 0 Å². The fraction of sp³-hybridized carbons (Fsp3) is 0.438. The second kappa shape index (κ2) is 5.66. The van der Waals surface area contributed by atoms with Crippen LogP contribution in [0.25, 0.3) is 0 Å². The van der Waals surface area contributed by atoms with E-state index in [-0.39, 0.29) is 24.7 Å². The highest BCUT2D eigenvalue weighted by molar-refractivity contribution is 5.96. The number of hydrogen-bond donors (Lipinski definition) is 1. The summed E-state index contributed by atoms with van der Waals surface area (Å²) in [4.78, 5) is 14.5. The summed E-state index contributed by atoms with van der Waals surface area (Å²) in [6.07, 6.45) is 2.46. The van der Waals surface area contributed by atoms with E-state index in [9.17, 15) is 4.79 Å². The first kappa shape index (κ1) is 13.2. The first-order valence-corrected chi connectivity index (χ1v) is 6.91. The standard InChI is InChI=1S/C16H17NO3/c18-9-3-5-12-4-1-2-6-15(12)16(19)17-10-13-7-8-14(11-17)20-13/h1-2,4,6,13-14,18H,7-11H2. The zero-order valence-corrected chi connectivity index (χ0v) is 11.2. The summed E-state index contributed by atoms with van der Waals surface area (Å²) >= 11 is 0. The van der Waals surface area contributed by atoms with Crippen LogP contribution < -0.4 is 0 Å². The van der Waals surface area contributed by atoms with Crippen molar-refractivity contribution in [1.29, 1.82) is 0 Å². The highest BCUT2D eigenvalue weighted by Crippen LogP contribution is 2.27.